The molecule has 152 valence electrons. The molecule has 2 N–H and O–H groups in total. The predicted molar refractivity (Wildman–Crippen MR) is 111 cm³/mol. The molecule has 0 spiro atoms. The molecule has 0 aliphatic carbocycles. The number of esters is 1. The van der Waals surface area contributed by atoms with E-state index in [4.69, 9.17) is 4.74 Å². The van der Waals surface area contributed by atoms with Crippen LogP contribution in [0.3, 0.4) is 0 Å². The van der Waals surface area contributed by atoms with Crippen molar-refractivity contribution in [2.45, 2.75) is 65.1 Å². The van der Waals surface area contributed by atoms with Gasteiger partial charge in [-0.25, -0.2) is 4.79 Å². The first-order valence-electron chi connectivity index (χ1n) is 8.61. The Hall–Kier alpha value is -1.22. The Morgan fingerprint density at radius 1 is 1.19 bits per heavy atom. The number of halogens is 1. The summed E-state index contributed by atoms with van der Waals surface area (Å²) in [5, 5.41) is 0. The number of carbonyl (C=O) groups excluding carboxylic acids is 1. The first-order chi connectivity index (χ1) is 12.2. The highest BCUT2D eigenvalue weighted by Crippen LogP contribution is 2.32. The highest BCUT2D eigenvalue weighted by molar-refractivity contribution is 9.10. The number of hydrogen-bond acceptors (Lipinski definition) is 4. The first kappa shape index (κ1) is 23.8. The number of rotatable bonds is 8. The second kappa shape index (κ2) is 8.86. The summed E-state index contributed by atoms with van der Waals surface area (Å²) in [5.74, 6) is -0.679. The lowest BCUT2D eigenvalue weighted by Gasteiger charge is -2.35. The molecular weight excluding hydrogens is 432 g/mol. The Morgan fingerprint density at radius 2 is 1.70 bits per heavy atom. The minimum absolute atomic E-state index is 0.0608. The minimum Gasteiger partial charge on any atom is -0.461 e. The number of nitrogens with one attached hydrogen (secondary N) is 2. The van der Waals surface area contributed by atoms with E-state index in [2.05, 4.69) is 32.0 Å². The van der Waals surface area contributed by atoms with E-state index in [1.54, 1.807) is 65.8 Å². The largest absolute Gasteiger partial charge is 0.461 e. The van der Waals surface area contributed by atoms with Crippen LogP contribution in [0.4, 0.5) is 0 Å². The van der Waals surface area contributed by atoms with E-state index in [0.717, 1.165) is 4.47 Å². The van der Waals surface area contributed by atoms with Gasteiger partial charge in [-0.2, -0.15) is 17.9 Å². The van der Waals surface area contributed by atoms with Crippen LogP contribution in [0.2, 0.25) is 0 Å². The quantitative estimate of drug-likeness (QED) is 0.456. The van der Waals surface area contributed by atoms with Crippen molar-refractivity contribution in [2.75, 3.05) is 0 Å². The third kappa shape index (κ3) is 7.37. The molecule has 27 heavy (non-hydrogen) atoms. The van der Waals surface area contributed by atoms with Gasteiger partial charge in [0.05, 0.1) is 6.10 Å². The number of ether oxygens (including phenoxy) is 1. The van der Waals surface area contributed by atoms with Gasteiger partial charge in [-0.3, -0.25) is 0 Å². The highest BCUT2D eigenvalue weighted by Gasteiger charge is 2.46. The van der Waals surface area contributed by atoms with Gasteiger partial charge in [0, 0.05) is 16.4 Å². The molecule has 1 rings (SSSR count). The van der Waals surface area contributed by atoms with Crippen LogP contribution in [0.5, 0.6) is 0 Å². The number of benzene rings is 1. The minimum atomic E-state index is -4.04. The van der Waals surface area contributed by atoms with E-state index in [-0.39, 0.29) is 6.42 Å². The van der Waals surface area contributed by atoms with Crippen LogP contribution >= 0.6 is 15.9 Å². The fourth-order valence-electron chi connectivity index (χ4n) is 2.59. The average molecular weight is 461 g/mol. The molecule has 1 atom stereocenters. The lowest BCUT2D eigenvalue weighted by molar-refractivity contribution is -0.155. The van der Waals surface area contributed by atoms with Gasteiger partial charge >= 0.3 is 5.97 Å². The Labute approximate surface area is 171 Å². The van der Waals surface area contributed by atoms with E-state index in [1.165, 1.54) is 0 Å². The van der Waals surface area contributed by atoms with Crippen molar-refractivity contribution >= 4 is 32.1 Å². The van der Waals surface area contributed by atoms with Crippen LogP contribution in [-0.4, -0.2) is 26.0 Å². The second-order valence-electron chi connectivity index (χ2n) is 7.96. The van der Waals surface area contributed by atoms with E-state index in [1.807, 2.05) is 0 Å². The third-order valence-electron chi connectivity index (χ3n) is 3.34. The summed E-state index contributed by atoms with van der Waals surface area (Å²) in [5.41, 5.74) is -1.24. The molecule has 1 unspecified atom stereocenters. The summed E-state index contributed by atoms with van der Waals surface area (Å²) in [6.45, 7) is 14.2. The highest BCUT2D eigenvalue weighted by atomic mass is 79.9. The zero-order valence-electron chi connectivity index (χ0n) is 16.7. The van der Waals surface area contributed by atoms with Gasteiger partial charge in [0.25, 0.3) is 10.2 Å². The molecule has 0 amide bonds. The van der Waals surface area contributed by atoms with Gasteiger partial charge in [-0.15, -0.1) is 6.58 Å². The van der Waals surface area contributed by atoms with Gasteiger partial charge in [0.15, 0.2) is 5.54 Å². The molecule has 0 saturated heterocycles. The molecule has 0 aliphatic rings. The summed E-state index contributed by atoms with van der Waals surface area (Å²) in [6, 6.07) is 6.87. The van der Waals surface area contributed by atoms with Crippen LogP contribution in [0.15, 0.2) is 40.9 Å². The molecule has 1 aromatic rings. The van der Waals surface area contributed by atoms with E-state index in [9.17, 15) is 13.2 Å². The predicted octanol–water partition coefficient (Wildman–Crippen LogP) is 3.78. The molecule has 8 heteroatoms. The van der Waals surface area contributed by atoms with Crippen molar-refractivity contribution in [3.05, 3.63) is 46.5 Å². The maximum atomic E-state index is 13.1. The molecule has 6 nitrogen and oxygen atoms in total. The van der Waals surface area contributed by atoms with Crippen molar-refractivity contribution in [2.24, 2.45) is 0 Å². The topological polar surface area (TPSA) is 84.5 Å². The standard InChI is InChI=1S/C19H29BrN2O4S/c1-13(2)12-19(17(23)26-14(3)4,15-8-10-16(20)11-9-15)22-27(24,25)21-18(5,6)7/h8-11,14,21-22H,1,12H2,2-7H3. The Bertz CT molecular complexity index is 783. The molecular formula is C19H29BrN2O4S. The molecule has 1 aromatic carbocycles. The monoisotopic (exact) mass is 460 g/mol. The number of carbonyl (C=O) groups is 1. The summed E-state index contributed by atoms with van der Waals surface area (Å²) >= 11 is 3.36. The summed E-state index contributed by atoms with van der Waals surface area (Å²) < 4.78 is 36.9. The van der Waals surface area contributed by atoms with Gasteiger partial charge < -0.3 is 4.74 Å². The molecule has 0 aromatic heterocycles. The zero-order valence-corrected chi connectivity index (χ0v) is 19.1. The van der Waals surface area contributed by atoms with Crippen LogP contribution in [0.25, 0.3) is 0 Å². The lowest BCUT2D eigenvalue weighted by atomic mass is 9.85. The van der Waals surface area contributed by atoms with Crippen molar-refractivity contribution in [3.63, 3.8) is 0 Å². The number of hydrogen-bond donors (Lipinski definition) is 2. The lowest BCUT2D eigenvalue weighted by Crippen LogP contribution is -2.58. The van der Waals surface area contributed by atoms with Crippen molar-refractivity contribution in [1.29, 1.82) is 0 Å². The molecule has 0 saturated carbocycles. The third-order valence-corrected chi connectivity index (χ3v) is 5.37. The molecule has 0 radical (unpaired) electrons. The maximum Gasteiger partial charge on any atom is 0.332 e. The molecule has 0 aliphatic heterocycles. The normalized spacial score (nSPS) is 14.7. The molecule has 0 bridgehead atoms. The van der Waals surface area contributed by atoms with E-state index < -0.39 is 33.4 Å². The fraction of sp³-hybridized carbons (Fsp3) is 0.526. The zero-order chi connectivity index (χ0) is 21.0. The molecule has 0 heterocycles. The van der Waals surface area contributed by atoms with E-state index in [0.29, 0.717) is 11.1 Å². The van der Waals surface area contributed by atoms with Crippen molar-refractivity contribution < 1.29 is 17.9 Å². The van der Waals surface area contributed by atoms with Gasteiger partial charge in [0.2, 0.25) is 0 Å². The van der Waals surface area contributed by atoms with Gasteiger partial charge in [-0.1, -0.05) is 33.6 Å². The van der Waals surface area contributed by atoms with Crippen LogP contribution in [0, 0.1) is 0 Å². The Balaban J connectivity index is 3.57. The fourth-order valence-corrected chi connectivity index (χ4v) is 4.44. The SMILES string of the molecule is C=C(C)CC(NS(=O)(=O)NC(C)(C)C)(C(=O)OC(C)C)c1ccc(Br)cc1. The van der Waals surface area contributed by atoms with E-state index >= 15 is 0 Å². The van der Waals surface area contributed by atoms with Gasteiger partial charge in [-0.05, 0) is 59.2 Å². The van der Waals surface area contributed by atoms with Gasteiger partial charge in [0.1, 0.15) is 0 Å². The smallest absolute Gasteiger partial charge is 0.332 e. The van der Waals surface area contributed by atoms with Crippen LogP contribution in [-0.2, 0) is 25.3 Å². The summed E-state index contributed by atoms with van der Waals surface area (Å²) in [6.07, 6.45) is -0.344. The van der Waals surface area contributed by atoms with Crippen LogP contribution in [0.1, 0.15) is 53.5 Å². The summed E-state index contributed by atoms with van der Waals surface area (Å²) in [7, 11) is -4.04. The molecule has 0 fully saturated rings. The van der Waals surface area contributed by atoms with Crippen LogP contribution < -0.4 is 9.44 Å². The maximum absolute atomic E-state index is 13.1. The average Bonchev–Trinajstić information content (AvgIpc) is 2.42. The van der Waals surface area contributed by atoms with Crippen molar-refractivity contribution in [1.82, 2.24) is 9.44 Å². The second-order valence-corrected chi connectivity index (χ2v) is 10.3. The summed E-state index contributed by atoms with van der Waals surface area (Å²) in [4.78, 5) is 13.1. The Morgan fingerprint density at radius 3 is 2.11 bits per heavy atom. The Kier molecular flexibility index (Phi) is 7.81. The van der Waals surface area contributed by atoms with Crippen molar-refractivity contribution in [3.8, 4) is 0 Å². The first-order valence-corrected chi connectivity index (χ1v) is 10.9.